The summed E-state index contributed by atoms with van der Waals surface area (Å²) >= 11 is 5.81. The lowest BCUT2D eigenvalue weighted by Crippen LogP contribution is -2.27. The lowest BCUT2D eigenvalue weighted by molar-refractivity contribution is 0.0697. The van der Waals surface area contributed by atoms with Crippen molar-refractivity contribution in [3.63, 3.8) is 0 Å². The molecule has 0 atom stereocenters. The molecule has 0 saturated carbocycles. The third-order valence-electron chi connectivity index (χ3n) is 4.21. The highest BCUT2D eigenvalue weighted by Crippen LogP contribution is 2.39. The zero-order valence-corrected chi connectivity index (χ0v) is 12.6. The number of carbonyl (C=O) groups is 1. The number of hydrogen-bond donors (Lipinski definition) is 1. The second kappa shape index (κ2) is 4.67. The van der Waals surface area contributed by atoms with Gasteiger partial charge in [0.25, 0.3) is 0 Å². The van der Waals surface area contributed by atoms with E-state index in [1.54, 1.807) is 0 Å². The van der Waals surface area contributed by atoms with Crippen LogP contribution in [-0.4, -0.2) is 16.1 Å². The second-order valence-electron chi connectivity index (χ2n) is 6.14. The highest BCUT2D eigenvalue weighted by Gasteiger charge is 2.33. The smallest absolute Gasteiger partial charge is 0.336 e. The Morgan fingerprint density at radius 3 is 2.81 bits per heavy atom. The van der Waals surface area contributed by atoms with Gasteiger partial charge in [-0.1, -0.05) is 25.4 Å². The van der Waals surface area contributed by atoms with Crippen molar-refractivity contribution >= 4 is 28.5 Å². The monoisotopic (exact) mass is 307 g/mol. The highest BCUT2D eigenvalue weighted by molar-refractivity contribution is 6.31. The van der Waals surface area contributed by atoms with E-state index in [0.29, 0.717) is 17.3 Å². The number of benzene rings is 1. The van der Waals surface area contributed by atoms with Crippen molar-refractivity contribution in [2.45, 2.75) is 38.5 Å². The van der Waals surface area contributed by atoms with E-state index in [1.165, 1.54) is 12.1 Å². The number of carboxylic acid groups (broad SMARTS) is 1. The topological polar surface area (TPSA) is 50.2 Å². The standard InChI is InChI=1S/C16H15ClFNO2/c1-16(2)5-3-4-8-13(15(20)21)9-6-10(17)11(18)7-12(9)19-14(8)16/h6-7H,3-5H2,1-2H3,(H,20,21). The number of nitrogens with zero attached hydrogens (tertiary/aromatic N) is 1. The predicted octanol–water partition coefficient (Wildman–Crippen LogP) is 4.34. The summed E-state index contributed by atoms with van der Waals surface area (Å²) in [5, 5.41) is 9.93. The maximum atomic E-state index is 13.7. The molecule has 110 valence electrons. The molecule has 0 amide bonds. The maximum Gasteiger partial charge on any atom is 0.336 e. The lowest BCUT2D eigenvalue weighted by Gasteiger charge is -2.32. The first kappa shape index (κ1) is 14.3. The molecule has 0 fully saturated rings. The average Bonchev–Trinajstić information content (AvgIpc) is 2.38. The van der Waals surface area contributed by atoms with Crippen LogP contribution in [0.25, 0.3) is 10.9 Å². The van der Waals surface area contributed by atoms with Gasteiger partial charge < -0.3 is 5.11 Å². The van der Waals surface area contributed by atoms with E-state index in [-0.39, 0.29) is 16.0 Å². The summed E-state index contributed by atoms with van der Waals surface area (Å²) in [4.78, 5) is 16.3. The predicted molar refractivity (Wildman–Crippen MR) is 79.6 cm³/mol. The molecule has 0 spiro atoms. The van der Waals surface area contributed by atoms with Crippen LogP contribution in [0.3, 0.4) is 0 Å². The van der Waals surface area contributed by atoms with Crippen LogP contribution in [0.5, 0.6) is 0 Å². The van der Waals surface area contributed by atoms with Crippen LogP contribution in [-0.2, 0) is 11.8 Å². The first-order valence-corrected chi connectivity index (χ1v) is 7.24. The number of hydrogen-bond acceptors (Lipinski definition) is 2. The Morgan fingerprint density at radius 2 is 2.14 bits per heavy atom. The van der Waals surface area contributed by atoms with Gasteiger partial charge in [-0.25, -0.2) is 9.18 Å². The Balaban J connectivity index is 2.47. The molecule has 0 unspecified atom stereocenters. The fourth-order valence-electron chi connectivity index (χ4n) is 3.17. The van der Waals surface area contributed by atoms with E-state index in [9.17, 15) is 14.3 Å². The fourth-order valence-corrected chi connectivity index (χ4v) is 3.33. The van der Waals surface area contributed by atoms with Gasteiger partial charge >= 0.3 is 5.97 Å². The summed E-state index contributed by atoms with van der Waals surface area (Å²) < 4.78 is 13.7. The maximum absolute atomic E-state index is 13.7. The van der Waals surface area contributed by atoms with Crippen molar-refractivity contribution in [1.82, 2.24) is 4.98 Å². The van der Waals surface area contributed by atoms with Crippen LogP contribution in [0.1, 0.15) is 48.3 Å². The number of rotatable bonds is 1. The zero-order chi connectivity index (χ0) is 15.4. The van der Waals surface area contributed by atoms with Crippen LogP contribution >= 0.6 is 11.6 Å². The quantitative estimate of drug-likeness (QED) is 0.852. The van der Waals surface area contributed by atoms with Crippen LogP contribution in [0, 0.1) is 5.82 Å². The molecule has 1 N–H and O–H groups in total. The number of halogens is 2. The first-order valence-electron chi connectivity index (χ1n) is 6.86. The molecular formula is C16H15ClFNO2. The number of pyridine rings is 1. The summed E-state index contributed by atoms with van der Waals surface area (Å²) in [7, 11) is 0. The minimum absolute atomic E-state index is 0.0816. The molecule has 0 saturated heterocycles. The van der Waals surface area contributed by atoms with Gasteiger partial charge in [-0.2, -0.15) is 0 Å². The molecule has 1 aliphatic rings. The van der Waals surface area contributed by atoms with Crippen molar-refractivity contribution in [3.05, 3.63) is 39.8 Å². The van der Waals surface area contributed by atoms with Gasteiger partial charge in [0, 0.05) is 16.9 Å². The molecule has 21 heavy (non-hydrogen) atoms. The second-order valence-corrected chi connectivity index (χ2v) is 6.55. The lowest BCUT2D eigenvalue weighted by atomic mass is 9.74. The Labute approximate surface area is 126 Å². The van der Waals surface area contributed by atoms with Crippen molar-refractivity contribution in [3.8, 4) is 0 Å². The zero-order valence-electron chi connectivity index (χ0n) is 11.8. The van der Waals surface area contributed by atoms with Gasteiger partial charge in [0.15, 0.2) is 0 Å². The summed E-state index contributed by atoms with van der Waals surface area (Å²) in [6.45, 7) is 4.09. The number of aromatic carboxylic acids is 1. The van der Waals surface area contributed by atoms with Gasteiger partial charge in [0.2, 0.25) is 0 Å². The molecule has 0 aliphatic heterocycles. The third kappa shape index (κ3) is 2.18. The number of carboxylic acids is 1. The van der Waals surface area contributed by atoms with Crippen LogP contribution in [0.2, 0.25) is 5.02 Å². The minimum Gasteiger partial charge on any atom is -0.478 e. The molecule has 1 heterocycles. The van der Waals surface area contributed by atoms with E-state index in [0.717, 1.165) is 24.1 Å². The van der Waals surface area contributed by atoms with Crippen molar-refractivity contribution < 1.29 is 14.3 Å². The number of fused-ring (bicyclic) bond motifs is 2. The number of aromatic nitrogens is 1. The van der Waals surface area contributed by atoms with Gasteiger partial charge in [0.1, 0.15) is 5.82 Å². The Morgan fingerprint density at radius 1 is 1.43 bits per heavy atom. The van der Waals surface area contributed by atoms with E-state index in [2.05, 4.69) is 4.98 Å². The normalized spacial score (nSPS) is 16.8. The molecule has 1 aromatic carbocycles. The molecule has 1 aliphatic carbocycles. The summed E-state index contributed by atoms with van der Waals surface area (Å²) in [6, 6.07) is 2.58. The van der Waals surface area contributed by atoms with E-state index in [4.69, 9.17) is 11.6 Å². The first-order chi connectivity index (χ1) is 9.81. The summed E-state index contributed by atoms with van der Waals surface area (Å²) in [5.74, 6) is -1.60. The van der Waals surface area contributed by atoms with Gasteiger partial charge in [0.05, 0.1) is 21.8 Å². The molecule has 1 aromatic heterocycles. The SMILES string of the molecule is CC1(C)CCCc2c1nc1cc(F)c(Cl)cc1c2C(=O)O. The van der Waals surface area contributed by atoms with Crippen molar-refractivity contribution in [2.24, 2.45) is 0 Å². The van der Waals surface area contributed by atoms with E-state index >= 15 is 0 Å². The molecule has 0 radical (unpaired) electrons. The Kier molecular flexibility index (Phi) is 3.17. The van der Waals surface area contributed by atoms with E-state index < -0.39 is 11.8 Å². The van der Waals surface area contributed by atoms with Crippen molar-refractivity contribution in [2.75, 3.05) is 0 Å². The van der Waals surface area contributed by atoms with Crippen molar-refractivity contribution in [1.29, 1.82) is 0 Å². The molecule has 3 rings (SSSR count). The van der Waals surface area contributed by atoms with Crippen LogP contribution in [0.4, 0.5) is 4.39 Å². The van der Waals surface area contributed by atoms with Gasteiger partial charge in [-0.3, -0.25) is 4.98 Å². The summed E-state index contributed by atoms with van der Waals surface area (Å²) in [5.41, 5.74) is 1.88. The summed E-state index contributed by atoms with van der Waals surface area (Å²) in [6.07, 6.45) is 2.54. The molecule has 2 aromatic rings. The Bertz CT molecular complexity index is 771. The third-order valence-corrected chi connectivity index (χ3v) is 4.50. The Hall–Kier alpha value is -1.68. The average molecular weight is 308 g/mol. The van der Waals surface area contributed by atoms with Gasteiger partial charge in [-0.05, 0) is 30.9 Å². The fraction of sp³-hybridized carbons (Fsp3) is 0.375. The van der Waals surface area contributed by atoms with E-state index in [1.807, 2.05) is 13.8 Å². The van der Waals surface area contributed by atoms with Crippen LogP contribution in [0.15, 0.2) is 12.1 Å². The molecule has 0 bridgehead atoms. The molecular weight excluding hydrogens is 293 g/mol. The minimum atomic E-state index is -1.01. The molecule has 5 heteroatoms. The highest BCUT2D eigenvalue weighted by atomic mass is 35.5. The largest absolute Gasteiger partial charge is 0.478 e. The molecule has 3 nitrogen and oxygen atoms in total. The van der Waals surface area contributed by atoms with Gasteiger partial charge in [-0.15, -0.1) is 0 Å². The van der Waals surface area contributed by atoms with Crippen LogP contribution < -0.4 is 0 Å².